The maximum absolute atomic E-state index is 12.0. The first-order chi connectivity index (χ1) is 11.0. The number of anilines is 1. The zero-order valence-electron chi connectivity index (χ0n) is 12.7. The molecule has 1 aromatic carbocycles. The highest BCUT2D eigenvalue weighted by Gasteiger charge is 2.31. The second-order valence-electron chi connectivity index (χ2n) is 4.92. The van der Waals surface area contributed by atoms with Gasteiger partial charge in [0.25, 0.3) is 0 Å². The fourth-order valence-electron chi connectivity index (χ4n) is 1.93. The zero-order valence-corrected chi connectivity index (χ0v) is 13.5. The van der Waals surface area contributed by atoms with E-state index in [2.05, 4.69) is 22.2 Å². The molecule has 1 unspecified atom stereocenters. The molecule has 6 nitrogen and oxygen atoms in total. The van der Waals surface area contributed by atoms with Crippen LogP contribution in [0.3, 0.4) is 0 Å². The van der Waals surface area contributed by atoms with Gasteiger partial charge >= 0.3 is 0 Å². The van der Waals surface area contributed by atoms with Crippen LogP contribution >= 0.6 is 11.8 Å². The molecule has 0 spiro atoms. The number of amidine groups is 1. The monoisotopic (exact) mass is 331 g/mol. The number of aliphatic imine (C=N–C) groups is 1. The first-order valence-electron chi connectivity index (χ1n) is 7.03. The van der Waals surface area contributed by atoms with Gasteiger partial charge in [-0.2, -0.15) is 0 Å². The summed E-state index contributed by atoms with van der Waals surface area (Å²) in [5, 5.41) is 5.37. The van der Waals surface area contributed by atoms with Crippen molar-refractivity contribution in [1.29, 1.82) is 0 Å². The van der Waals surface area contributed by atoms with Crippen molar-refractivity contribution < 1.29 is 14.4 Å². The van der Waals surface area contributed by atoms with E-state index in [4.69, 9.17) is 0 Å². The molecule has 0 radical (unpaired) electrons. The molecule has 0 aliphatic carbocycles. The number of ketones is 1. The Morgan fingerprint density at radius 2 is 2.09 bits per heavy atom. The number of nitrogens with one attached hydrogen (secondary N) is 2. The Balaban J connectivity index is 1.90. The van der Waals surface area contributed by atoms with E-state index in [9.17, 15) is 14.4 Å². The molecular weight excluding hydrogens is 314 g/mol. The quantitative estimate of drug-likeness (QED) is 0.616. The Morgan fingerprint density at radius 3 is 2.70 bits per heavy atom. The number of hydrogen-bond acceptors (Lipinski definition) is 5. The van der Waals surface area contributed by atoms with Gasteiger partial charge in [0.05, 0.1) is 6.54 Å². The molecule has 2 rings (SSSR count). The molecule has 23 heavy (non-hydrogen) atoms. The number of carbonyl (C=O) groups is 3. The Morgan fingerprint density at radius 1 is 1.39 bits per heavy atom. The van der Waals surface area contributed by atoms with E-state index in [-0.39, 0.29) is 24.0 Å². The highest BCUT2D eigenvalue weighted by atomic mass is 32.2. The van der Waals surface area contributed by atoms with Crippen LogP contribution in [0.25, 0.3) is 0 Å². The predicted octanol–water partition coefficient (Wildman–Crippen LogP) is 1.99. The van der Waals surface area contributed by atoms with E-state index in [1.807, 2.05) is 0 Å². The maximum Gasteiger partial charge on any atom is 0.240 e. The van der Waals surface area contributed by atoms with Gasteiger partial charge < -0.3 is 10.6 Å². The summed E-state index contributed by atoms with van der Waals surface area (Å²) in [6.07, 6.45) is 1.68. The molecule has 1 saturated heterocycles. The van der Waals surface area contributed by atoms with Gasteiger partial charge in [-0.25, -0.2) is 0 Å². The lowest BCUT2D eigenvalue weighted by atomic mass is 10.1. The van der Waals surface area contributed by atoms with E-state index in [1.54, 1.807) is 30.3 Å². The van der Waals surface area contributed by atoms with Gasteiger partial charge in [0.15, 0.2) is 11.0 Å². The van der Waals surface area contributed by atoms with Crippen molar-refractivity contribution in [2.24, 2.45) is 4.99 Å². The lowest BCUT2D eigenvalue weighted by Crippen LogP contribution is -2.28. The molecule has 0 bridgehead atoms. The van der Waals surface area contributed by atoms with E-state index in [1.165, 1.54) is 18.7 Å². The van der Waals surface area contributed by atoms with Crippen LogP contribution in [-0.4, -0.2) is 34.6 Å². The molecule has 1 aliphatic heterocycles. The van der Waals surface area contributed by atoms with Crippen molar-refractivity contribution >= 4 is 40.2 Å². The summed E-state index contributed by atoms with van der Waals surface area (Å²) in [5.41, 5.74) is 1.17. The highest BCUT2D eigenvalue weighted by molar-refractivity contribution is 8.15. The fraction of sp³-hybridized carbons (Fsp3) is 0.250. The van der Waals surface area contributed by atoms with Crippen molar-refractivity contribution in [3.05, 3.63) is 42.5 Å². The van der Waals surface area contributed by atoms with Crippen LogP contribution in [0.2, 0.25) is 0 Å². The normalized spacial score (nSPS) is 18.6. The molecular formula is C16H17N3O3S. The lowest BCUT2D eigenvalue weighted by Gasteiger charge is -2.07. The van der Waals surface area contributed by atoms with Gasteiger partial charge in [-0.1, -0.05) is 17.8 Å². The molecule has 1 aromatic rings. The molecule has 2 N–H and O–H groups in total. The minimum atomic E-state index is -0.491. The third kappa shape index (κ3) is 4.79. The van der Waals surface area contributed by atoms with Gasteiger partial charge in [-0.05, 0) is 31.2 Å². The van der Waals surface area contributed by atoms with Crippen LogP contribution in [0.5, 0.6) is 0 Å². The van der Waals surface area contributed by atoms with Crippen molar-refractivity contribution in [1.82, 2.24) is 5.32 Å². The van der Waals surface area contributed by atoms with Gasteiger partial charge in [0.2, 0.25) is 11.8 Å². The molecule has 1 fully saturated rings. The van der Waals surface area contributed by atoms with Gasteiger partial charge in [0.1, 0.15) is 5.25 Å². The van der Waals surface area contributed by atoms with Crippen molar-refractivity contribution in [2.45, 2.75) is 18.6 Å². The summed E-state index contributed by atoms with van der Waals surface area (Å²) >= 11 is 1.24. The number of nitrogens with zero attached hydrogens (tertiary/aromatic N) is 1. The summed E-state index contributed by atoms with van der Waals surface area (Å²) in [6, 6.07) is 6.62. The van der Waals surface area contributed by atoms with E-state index < -0.39 is 5.25 Å². The molecule has 2 amide bonds. The second-order valence-corrected chi connectivity index (χ2v) is 6.11. The SMILES string of the molecule is C=CCN=C1NC(=O)C(CC(=O)Nc2ccc(C(C)=O)cc2)S1. The smallest absolute Gasteiger partial charge is 0.240 e. The van der Waals surface area contributed by atoms with Crippen molar-refractivity contribution in [3.63, 3.8) is 0 Å². The minimum absolute atomic E-state index is 0.0340. The summed E-state index contributed by atoms with van der Waals surface area (Å²) in [4.78, 5) is 39.2. The van der Waals surface area contributed by atoms with Crippen LogP contribution in [0, 0.1) is 0 Å². The van der Waals surface area contributed by atoms with Crippen LogP contribution in [-0.2, 0) is 9.59 Å². The molecule has 0 saturated carbocycles. The van der Waals surface area contributed by atoms with Gasteiger partial charge in [0, 0.05) is 17.7 Å². The summed E-state index contributed by atoms with van der Waals surface area (Å²) in [7, 11) is 0. The standard InChI is InChI=1S/C16H17N3O3S/c1-3-8-17-16-19-15(22)13(23-16)9-14(21)18-12-6-4-11(5-7-12)10(2)20/h3-7,13H,1,8-9H2,2H3,(H,18,21)(H,17,19,22). The second kappa shape index (κ2) is 7.73. The third-order valence-electron chi connectivity index (χ3n) is 3.09. The first-order valence-corrected chi connectivity index (χ1v) is 7.91. The number of hydrogen-bond donors (Lipinski definition) is 2. The lowest BCUT2D eigenvalue weighted by molar-refractivity contribution is -0.122. The van der Waals surface area contributed by atoms with Crippen LogP contribution in [0.1, 0.15) is 23.7 Å². The zero-order chi connectivity index (χ0) is 16.8. The van der Waals surface area contributed by atoms with E-state index in [0.717, 1.165) is 0 Å². The number of thioether (sulfide) groups is 1. The largest absolute Gasteiger partial charge is 0.326 e. The van der Waals surface area contributed by atoms with Crippen LogP contribution in [0.15, 0.2) is 41.9 Å². The summed E-state index contributed by atoms with van der Waals surface area (Å²) in [5.74, 6) is -0.522. The Kier molecular flexibility index (Phi) is 5.70. The van der Waals surface area contributed by atoms with E-state index >= 15 is 0 Å². The average molecular weight is 331 g/mol. The summed E-state index contributed by atoms with van der Waals surface area (Å²) in [6.45, 7) is 5.46. The average Bonchev–Trinajstić information content (AvgIpc) is 2.85. The number of benzene rings is 1. The number of carbonyl (C=O) groups excluding carboxylic acids is 3. The molecule has 120 valence electrons. The topological polar surface area (TPSA) is 87.6 Å². The molecule has 0 aromatic heterocycles. The molecule has 1 heterocycles. The molecule has 1 aliphatic rings. The highest BCUT2D eigenvalue weighted by Crippen LogP contribution is 2.23. The van der Waals surface area contributed by atoms with Gasteiger partial charge in [-0.3, -0.25) is 19.4 Å². The number of amides is 2. The molecule has 1 atom stereocenters. The Labute approximate surface area is 138 Å². The number of Topliss-reactive ketones (excluding diaryl/α,β-unsaturated/α-hetero) is 1. The third-order valence-corrected chi connectivity index (χ3v) is 4.21. The fourth-order valence-corrected chi connectivity index (χ4v) is 2.91. The van der Waals surface area contributed by atoms with Crippen LogP contribution < -0.4 is 10.6 Å². The van der Waals surface area contributed by atoms with E-state index in [0.29, 0.717) is 23.0 Å². The Bertz CT molecular complexity index is 668. The first kappa shape index (κ1) is 17.0. The number of rotatable bonds is 6. The molecule has 7 heteroatoms. The van der Waals surface area contributed by atoms with Gasteiger partial charge in [-0.15, -0.1) is 6.58 Å². The Hall–Kier alpha value is -2.41. The van der Waals surface area contributed by atoms with Crippen molar-refractivity contribution in [3.8, 4) is 0 Å². The summed E-state index contributed by atoms with van der Waals surface area (Å²) < 4.78 is 0. The minimum Gasteiger partial charge on any atom is -0.326 e. The maximum atomic E-state index is 12.0. The predicted molar refractivity (Wildman–Crippen MR) is 91.7 cm³/mol. The van der Waals surface area contributed by atoms with Crippen molar-refractivity contribution in [2.75, 3.05) is 11.9 Å². The van der Waals surface area contributed by atoms with Crippen LogP contribution in [0.4, 0.5) is 5.69 Å².